The molecule has 0 atom stereocenters. The number of rotatable bonds is 5. The average Bonchev–Trinajstić information content (AvgIpc) is 3.05. The molecule has 0 radical (unpaired) electrons. The van der Waals surface area contributed by atoms with Gasteiger partial charge in [0.1, 0.15) is 5.82 Å². The highest BCUT2D eigenvalue weighted by atomic mass is 15.2. The fourth-order valence-electron chi connectivity index (χ4n) is 4.31. The van der Waals surface area contributed by atoms with Gasteiger partial charge in [0.05, 0.1) is 11.6 Å². The van der Waals surface area contributed by atoms with Crippen LogP contribution in [0.5, 0.6) is 0 Å². The number of piperidine rings is 1. The Bertz CT molecular complexity index is 829. The number of likely N-dealkylation sites (tertiary alicyclic amines) is 1. The molecule has 6 heteroatoms. The second kappa shape index (κ2) is 9.71. The van der Waals surface area contributed by atoms with Crippen molar-refractivity contribution in [3.8, 4) is 6.07 Å². The van der Waals surface area contributed by atoms with Gasteiger partial charge in [-0.1, -0.05) is 25.0 Å². The van der Waals surface area contributed by atoms with E-state index in [4.69, 9.17) is 10.2 Å². The van der Waals surface area contributed by atoms with E-state index in [0.29, 0.717) is 6.04 Å². The second-order valence-electron chi connectivity index (χ2n) is 8.15. The monoisotopic (exact) mass is 390 g/mol. The highest BCUT2D eigenvalue weighted by molar-refractivity contribution is 5.43. The van der Waals surface area contributed by atoms with Crippen molar-refractivity contribution in [2.45, 2.75) is 51.1 Å². The van der Waals surface area contributed by atoms with Crippen LogP contribution in [0, 0.1) is 11.3 Å². The van der Waals surface area contributed by atoms with Crippen LogP contribution in [0.4, 0.5) is 11.8 Å². The molecular weight excluding hydrogens is 360 g/mol. The van der Waals surface area contributed by atoms with E-state index in [0.717, 1.165) is 62.9 Å². The van der Waals surface area contributed by atoms with E-state index in [1.165, 1.54) is 31.2 Å². The van der Waals surface area contributed by atoms with Gasteiger partial charge in [-0.2, -0.15) is 10.2 Å². The lowest BCUT2D eigenvalue weighted by Gasteiger charge is -2.32. The van der Waals surface area contributed by atoms with Gasteiger partial charge in [0.25, 0.3) is 0 Å². The number of benzene rings is 1. The quantitative estimate of drug-likeness (QED) is 0.837. The van der Waals surface area contributed by atoms with Crippen molar-refractivity contribution in [2.24, 2.45) is 0 Å². The number of nitrogens with zero attached hydrogens (tertiary/aromatic N) is 5. The zero-order valence-corrected chi connectivity index (χ0v) is 17.1. The number of aromatic nitrogens is 2. The van der Waals surface area contributed by atoms with E-state index < -0.39 is 0 Å². The summed E-state index contributed by atoms with van der Waals surface area (Å²) in [6.07, 6.45) is 9.19. The highest BCUT2D eigenvalue weighted by Gasteiger charge is 2.20. The van der Waals surface area contributed by atoms with Crippen LogP contribution in [0.15, 0.2) is 36.5 Å². The summed E-state index contributed by atoms with van der Waals surface area (Å²) in [4.78, 5) is 14.1. The topological polar surface area (TPSA) is 68.1 Å². The summed E-state index contributed by atoms with van der Waals surface area (Å²) < 4.78 is 0. The van der Waals surface area contributed by atoms with Gasteiger partial charge < -0.3 is 10.2 Å². The molecule has 6 nitrogen and oxygen atoms in total. The van der Waals surface area contributed by atoms with E-state index in [1.807, 2.05) is 30.5 Å². The number of nitriles is 1. The molecule has 2 aliphatic rings. The van der Waals surface area contributed by atoms with Crippen LogP contribution in [0.1, 0.15) is 49.7 Å². The Morgan fingerprint density at radius 3 is 2.59 bits per heavy atom. The molecule has 29 heavy (non-hydrogen) atoms. The van der Waals surface area contributed by atoms with Gasteiger partial charge in [0, 0.05) is 45.0 Å². The molecule has 2 fully saturated rings. The summed E-state index contributed by atoms with van der Waals surface area (Å²) in [7, 11) is 0. The predicted octanol–water partition coefficient (Wildman–Crippen LogP) is 3.81. The Morgan fingerprint density at radius 1 is 1.03 bits per heavy atom. The van der Waals surface area contributed by atoms with Crippen LogP contribution in [0.25, 0.3) is 0 Å². The molecule has 3 heterocycles. The van der Waals surface area contributed by atoms with Gasteiger partial charge in [-0.3, -0.25) is 4.90 Å². The molecule has 0 saturated carbocycles. The van der Waals surface area contributed by atoms with Crippen LogP contribution < -0.4 is 10.2 Å². The second-order valence-corrected chi connectivity index (χ2v) is 8.15. The first-order chi connectivity index (χ1) is 14.3. The van der Waals surface area contributed by atoms with Gasteiger partial charge in [-0.05, 0) is 49.4 Å². The Morgan fingerprint density at radius 2 is 1.83 bits per heavy atom. The molecule has 152 valence electrons. The van der Waals surface area contributed by atoms with Crippen LogP contribution in [0.3, 0.4) is 0 Å². The number of hydrogen-bond donors (Lipinski definition) is 1. The fourth-order valence-corrected chi connectivity index (χ4v) is 4.31. The minimum atomic E-state index is 0.413. The zero-order valence-electron chi connectivity index (χ0n) is 17.1. The Balaban J connectivity index is 1.29. The summed E-state index contributed by atoms with van der Waals surface area (Å²) >= 11 is 0. The van der Waals surface area contributed by atoms with Crippen molar-refractivity contribution in [2.75, 3.05) is 36.4 Å². The third kappa shape index (κ3) is 5.45. The van der Waals surface area contributed by atoms with Gasteiger partial charge in [-0.25, -0.2) is 4.98 Å². The van der Waals surface area contributed by atoms with Crippen LogP contribution in [0.2, 0.25) is 0 Å². The highest BCUT2D eigenvalue weighted by Crippen LogP contribution is 2.20. The van der Waals surface area contributed by atoms with Crippen molar-refractivity contribution < 1.29 is 0 Å². The van der Waals surface area contributed by atoms with Gasteiger partial charge in [-0.15, -0.1) is 0 Å². The summed E-state index contributed by atoms with van der Waals surface area (Å²) in [6, 6.07) is 12.6. The molecule has 0 spiro atoms. The average molecular weight is 391 g/mol. The minimum Gasteiger partial charge on any atom is -0.356 e. The number of nitrogens with one attached hydrogen (secondary N) is 1. The predicted molar refractivity (Wildman–Crippen MR) is 116 cm³/mol. The normalized spacial score (nSPS) is 18.8. The number of anilines is 2. The van der Waals surface area contributed by atoms with Crippen LogP contribution in [-0.2, 0) is 6.54 Å². The van der Waals surface area contributed by atoms with Crippen LogP contribution in [-0.4, -0.2) is 47.1 Å². The summed E-state index contributed by atoms with van der Waals surface area (Å²) in [5.74, 6) is 1.81. The standard InChI is InChI=1S/C23H30N6/c24-17-19-6-5-7-20(16-19)18-28-14-9-21(10-15-28)26-23-25-11-8-22(27-23)29-12-3-1-2-4-13-29/h5-8,11,16,21H,1-4,9-10,12-15,18H2,(H,25,26,27). The molecule has 0 aliphatic carbocycles. The maximum atomic E-state index is 9.07. The summed E-state index contributed by atoms with van der Waals surface area (Å²) in [6.45, 7) is 5.19. The first kappa shape index (κ1) is 19.7. The van der Waals surface area contributed by atoms with Crippen molar-refractivity contribution in [3.63, 3.8) is 0 Å². The largest absolute Gasteiger partial charge is 0.356 e. The zero-order chi connectivity index (χ0) is 19.9. The smallest absolute Gasteiger partial charge is 0.224 e. The summed E-state index contributed by atoms with van der Waals surface area (Å²) in [5, 5.41) is 12.6. The van der Waals surface area contributed by atoms with Crippen molar-refractivity contribution in [1.29, 1.82) is 5.26 Å². The Kier molecular flexibility index (Phi) is 6.58. The van der Waals surface area contributed by atoms with Crippen molar-refractivity contribution in [1.82, 2.24) is 14.9 Å². The number of hydrogen-bond acceptors (Lipinski definition) is 6. The third-order valence-corrected chi connectivity index (χ3v) is 5.95. The van der Waals surface area contributed by atoms with Gasteiger partial charge in [0.15, 0.2) is 0 Å². The molecule has 2 aliphatic heterocycles. The lowest BCUT2D eigenvalue weighted by Crippen LogP contribution is -2.39. The lowest BCUT2D eigenvalue weighted by atomic mass is 10.0. The van der Waals surface area contributed by atoms with Gasteiger partial charge in [0.2, 0.25) is 5.95 Å². The van der Waals surface area contributed by atoms with Gasteiger partial charge >= 0.3 is 0 Å². The van der Waals surface area contributed by atoms with Crippen molar-refractivity contribution >= 4 is 11.8 Å². The van der Waals surface area contributed by atoms with E-state index in [-0.39, 0.29) is 0 Å². The maximum Gasteiger partial charge on any atom is 0.224 e. The van der Waals surface area contributed by atoms with E-state index in [9.17, 15) is 0 Å². The maximum absolute atomic E-state index is 9.07. The first-order valence-corrected chi connectivity index (χ1v) is 10.9. The molecule has 1 N–H and O–H groups in total. The third-order valence-electron chi connectivity index (χ3n) is 5.95. The Hall–Kier alpha value is -2.65. The van der Waals surface area contributed by atoms with Crippen LogP contribution >= 0.6 is 0 Å². The fraction of sp³-hybridized carbons (Fsp3) is 0.522. The minimum absolute atomic E-state index is 0.413. The molecule has 0 amide bonds. The molecule has 1 aromatic carbocycles. The van der Waals surface area contributed by atoms with E-state index in [2.05, 4.69) is 32.2 Å². The Labute approximate surface area is 173 Å². The molecule has 4 rings (SSSR count). The molecule has 1 aromatic heterocycles. The molecular formula is C23H30N6. The lowest BCUT2D eigenvalue weighted by molar-refractivity contribution is 0.211. The van der Waals surface area contributed by atoms with E-state index in [1.54, 1.807) is 0 Å². The molecule has 0 bridgehead atoms. The first-order valence-electron chi connectivity index (χ1n) is 10.9. The molecule has 2 saturated heterocycles. The molecule has 2 aromatic rings. The summed E-state index contributed by atoms with van der Waals surface area (Å²) in [5.41, 5.74) is 1.95. The van der Waals surface area contributed by atoms with E-state index >= 15 is 0 Å². The van der Waals surface area contributed by atoms with Crippen molar-refractivity contribution in [3.05, 3.63) is 47.7 Å². The SMILES string of the molecule is N#Cc1cccc(CN2CCC(Nc3nccc(N4CCCCCC4)n3)CC2)c1. The molecule has 0 unspecified atom stereocenters.